The van der Waals surface area contributed by atoms with Gasteiger partial charge in [0, 0.05) is 24.3 Å². The quantitative estimate of drug-likeness (QED) is 0.00292. The normalized spacial score (nSPS) is 10.2. The molecule has 10 aromatic rings. The Bertz CT molecular complexity index is 5820. The average molecular weight is 1940 g/mol. The number of esters is 8. The molecule has 0 radical (unpaired) electrons. The van der Waals surface area contributed by atoms with Crippen molar-refractivity contribution in [1.29, 1.82) is 0 Å². The molecular formula is C107H106O34. The molecule has 0 aliphatic heterocycles. The summed E-state index contributed by atoms with van der Waals surface area (Å²) in [5.74, 6) is 2.43. The fraction of sp³-hybridized carbons (Fsp3) is 0.234. The van der Waals surface area contributed by atoms with E-state index in [1.54, 1.807) is 110 Å². The van der Waals surface area contributed by atoms with Crippen molar-refractivity contribution in [3.05, 3.63) is 340 Å². The Morgan fingerprint density at radius 2 is 0.560 bits per heavy atom. The van der Waals surface area contributed by atoms with Crippen LogP contribution in [0.2, 0.25) is 0 Å². The molecule has 738 valence electrons. The van der Waals surface area contributed by atoms with Crippen molar-refractivity contribution in [1.82, 2.24) is 0 Å². The summed E-state index contributed by atoms with van der Waals surface area (Å²) in [6, 6.07) is 60.2. The fourth-order valence-corrected chi connectivity index (χ4v) is 11.4. The lowest BCUT2D eigenvalue weighted by Crippen LogP contribution is -2.16. The molecule has 34 heteroatoms. The van der Waals surface area contributed by atoms with Gasteiger partial charge in [0.15, 0.2) is 12.5 Å². The minimum Gasteiger partial charge on any atom is -0.494 e. The van der Waals surface area contributed by atoms with Gasteiger partial charge in [-0.3, -0.25) is 4.79 Å². The van der Waals surface area contributed by atoms with Crippen molar-refractivity contribution in [2.24, 2.45) is 0 Å². The van der Waals surface area contributed by atoms with Crippen LogP contribution in [0.1, 0.15) is 99.1 Å². The number of hydrogen-bond acceptors (Lipinski definition) is 34. The van der Waals surface area contributed by atoms with Crippen molar-refractivity contribution in [2.45, 2.75) is 71.6 Å². The molecule has 0 heterocycles. The molecule has 141 heavy (non-hydrogen) atoms. The Hall–Kier alpha value is -17.3. The van der Waals surface area contributed by atoms with Crippen molar-refractivity contribution < 1.29 is 162 Å². The van der Waals surface area contributed by atoms with E-state index in [1.165, 1.54) is 67.1 Å². The zero-order valence-electron chi connectivity index (χ0n) is 77.6. The molecule has 34 nitrogen and oxygen atoms in total. The van der Waals surface area contributed by atoms with E-state index < -0.39 is 60.1 Å². The first-order valence-electron chi connectivity index (χ1n) is 43.9. The lowest BCUT2D eigenvalue weighted by Gasteiger charge is -2.12. The van der Waals surface area contributed by atoms with Crippen LogP contribution >= 0.6 is 0 Å². The van der Waals surface area contributed by atoms with Gasteiger partial charge in [-0.2, -0.15) is 9.78 Å². The first-order chi connectivity index (χ1) is 68.6. The van der Waals surface area contributed by atoms with Crippen LogP contribution < -0.4 is 66.3 Å². The molecule has 0 aliphatic carbocycles. The third-order valence-corrected chi connectivity index (χ3v) is 18.5. The summed E-state index contributed by atoms with van der Waals surface area (Å²) in [4.78, 5) is 137. The van der Waals surface area contributed by atoms with Gasteiger partial charge in [0.1, 0.15) is 107 Å². The van der Waals surface area contributed by atoms with Gasteiger partial charge >= 0.3 is 60.1 Å². The molecule has 0 bridgehead atoms. The Morgan fingerprint density at radius 3 is 0.943 bits per heavy atom. The number of aryl methyl sites for hydroxylation is 2. The summed E-state index contributed by atoms with van der Waals surface area (Å²) < 4.78 is 107. The van der Waals surface area contributed by atoms with Gasteiger partial charge in [-0.05, 0) is 287 Å². The van der Waals surface area contributed by atoms with E-state index in [0.717, 1.165) is 77.8 Å². The molecule has 0 saturated carbocycles. The van der Waals surface area contributed by atoms with Gasteiger partial charge in [-0.1, -0.05) is 75.2 Å². The minimum atomic E-state index is -1.03. The first-order valence-corrected chi connectivity index (χ1v) is 43.9. The number of unbranched alkanes of at least 4 members (excludes halogenated alkanes) is 4. The highest BCUT2D eigenvalue weighted by atomic mass is 17.2. The summed E-state index contributed by atoms with van der Waals surface area (Å²) >= 11 is 0. The van der Waals surface area contributed by atoms with E-state index >= 15 is 0 Å². The predicted octanol–water partition coefficient (Wildman–Crippen LogP) is 19.5. The highest BCUT2D eigenvalue weighted by molar-refractivity contribution is 5.94. The van der Waals surface area contributed by atoms with E-state index in [2.05, 4.69) is 60.4 Å². The summed E-state index contributed by atoms with van der Waals surface area (Å²) in [6.45, 7) is 26.3. The Balaban J connectivity index is 0.000000259. The van der Waals surface area contributed by atoms with Gasteiger partial charge in [0.05, 0.1) is 76.0 Å². The smallest absolute Gasteiger partial charge is 0.494 e. The van der Waals surface area contributed by atoms with Crippen LogP contribution in [0.5, 0.6) is 80.5 Å². The van der Waals surface area contributed by atoms with E-state index in [4.69, 9.17) is 105 Å². The Morgan fingerprint density at radius 1 is 0.270 bits per heavy atom. The van der Waals surface area contributed by atoms with Crippen molar-refractivity contribution in [3.63, 3.8) is 0 Å². The fourth-order valence-electron chi connectivity index (χ4n) is 11.4. The molecule has 0 aliphatic rings. The highest BCUT2D eigenvalue weighted by Crippen LogP contribution is 2.31. The Kier molecular flexibility index (Phi) is 48.8. The van der Waals surface area contributed by atoms with Crippen molar-refractivity contribution in [3.8, 4) is 80.5 Å². The van der Waals surface area contributed by atoms with Gasteiger partial charge < -0.3 is 105 Å². The summed E-state index contributed by atoms with van der Waals surface area (Å²) in [7, 11) is 0. The maximum atomic E-state index is 12.7. The third kappa shape index (κ3) is 43.5. The molecule has 0 N–H and O–H groups in total. The number of fused-ring (bicyclic) bond motifs is 1. The second-order valence-corrected chi connectivity index (χ2v) is 28.9. The summed E-state index contributed by atoms with van der Waals surface area (Å²) in [5.41, 5.74) is 7.75. The number of benzene rings is 10. The second kappa shape index (κ2) is 63.1. The maximum Gasteiger partial charge on any atom is 0.513 e. The number of rotatable bonds is 57. The van der Waals surface area contributed by atoms with Gasteiger partial charge in [-0.25, -0.2) is 43.2 Å². The number of carbonyl (C=O) groups excluding carboxylic acids is 10. The molecule has 10 rings (SSSR count). The minimum absolute atomic E-state index is 0.000471. The van der Waals surface area contributed by atoms with Crippen LogP contribution in [0.25, 0.3) is 10.8 Å². The lowest BCUT2D eigenvalue weighted by molar-refractivity contribution is -0.249. The molecular weight excluding hydrogens is 1830 g/mol. The highest BCUT2D eigenvalue weighted by Gasteiger charge is 2.19. The van der Waals surface area contributed by atoms with Crippen LogP contribution in [0.4, 0.5) is 9.59 Å². The van der Waals surface area contributed by atoms with Crippen LogP contribution in [0.3, 0.4) is 0 Å². The van der Waals surface area contributed by atoms with Crippen LogP contribution in [-0.2, 0) is 78.4 Å². The lowest BCUT2D eigenvalue weighted by atomic mass is 10.1. The van der Waals surface area contributed by atoms with E-state index in [0.29, 0.717) is 147 Å². The number of carbonyl (C=O) groups is 10. The second-order valence-electron chi connectivity index (χ2n) is 28.9. The van der Waals surface area contributed by atoms with E-state index in [9.17, 15) is 47.9 Å². The molecule has 0 spiro atoms. The largest absolute Gasteiger partial charge is 0.513 e. The molecule has 0 aromatic heterocycles. The average Bonchev–Trinajstić information content (AvgIpc) is 0.821. The van der Waals surface area contributed by atoms with Gasteiger partial charge in [-0.15, -0.1) is 0 Å². The van der Waals surface area contributed by atoms with Crippen molar-refractivity contribution in [2.75, 3.05) is 92.9 Å². The molecule has 0 fully saturated rings. The maximum absolute atomic E-state index is 12.7. The SMILES string of the molecule is C=C=COOCCCCOc1ccc(OCOc2ccc(OC(=O)c3ccc(OCCCCOC(=O)C=C)cc3)cc2C)cc1.C=C=COOCCCCOc1ccc(OCOc2ccc3cc(OC(=O)c4ccc(OCCCCOC(=O)C=C)cc4)ccc3c2)cc1.C=CC(=O)OCCOC(=O)Oc1ccc(CC(=O)Oc2ccc(OC(=O)c3ccc(OC(=O)OCCOC(=O)C=C)cc3)cc2C)cc1. The zero-order chi connectivity index (χ0) is 101. The van der Waals surface area contributed by atoms with Gasteiger partial charge in [0.25, 0.3) is 0 Å². The standard InChI is InChI=1S/C38H38O10.C35H38O10.C34H30O14/c1-3-21-46-47-25-8-7-23-42-33-17-19-34(20-18-33)44-28-45-35-15-11-31-27-36(16-12-30(31)26-35)48-38(40)29-9-13-32(14-10-29)41-22-5-6-24-43-37(39)4-2;1-4-20-43-44-24-9-8-22-39-30-14-16-31(17-15-30)41-26-42-33-19-18-32(25-27(33)3)45-35(37)28-10-12-29(13-11-28)38-21-6-7-23-40-34(36)5-2;1-4-29(35)41-16-18-43-33(39)46-25-10-6-23(7-11-25)21-31(37)48-28-15-14-27(20-22(28)3)45-32(38)24-8-12-26(13-9-24)47-34(40)44-19-17-42-30(36)5-2/h4,9-21,26-27H,1-2,5-8,22-25,28H2;5,10-20,25H,1-2,6-9,21-24,26H2,3H3;4-15,20H,1-2,16-19,21H2,3H3. The summed E-state index contributed by atoms with van der Waals surface area (Å²) in [6.07, 6.45) is 10.6. The molecule has 0 saturated heterocycles. The number of hydrogen-bond donors (Lipinski definition) is 0. The molecule has 10 aromatic carbocycles. The van der Waals surface area contributed by atoms with Gasteiger partial charge in [0.2, 0.25) is 13.6 Å². The summed E-state index contributed by atoms with van der Waals surface area (Å²) in [5, 5.41) is 1.81. The first kappa shape index (κ1) is 109. The molecule has 0 atom stereocenters. The van der Waals surface area contributed by atoms with E-state index in [-0.39, 0.29) is 75.0 Å². The monoisotopic (exact) mass is 1930 g/mol. The third-order valence-electron chi connectivity index (χ3n) is 18.5. The number of ether oxygens (including phenoxy) is 20. The van der Waals surface area contributed by atoms with E-state index in [1.807, 2.05) is 67.6 Å². The molecule has 0 amide bonds. The van der Waals surface area contributed by atoms with Crippen molar-refractivity contribution >= 4 is 70.8 Å². The van der Waals surface area contributed by atoms with Crippen LogP contribution in [-0.4, -0.2) is 153 Å². The van der Waals surface area contributed by atoms with Crippen LogP contribution in [0.15, 0.2) is 306 Å². The predicted molar refractivity (Wildman–Crippen MR) is 510 cm³/mol. The topological polar surface area (TPSA) is 392 Å². The molecule has 0 unspecified atom stereocenters. The van der Waals surface area contributed by atoms with Crippen LogP contribution in [0, 0.1) is 13.8 Å². The Labute approximate surface area is 813 Å². The zero-order valence-corrected chi connectivity index (χ0v) is 77.6.